The molecule has 1 N–H and O–H groups in total. The van der Waals surface area contributed by atoms with Gasteiger partial charge in [0.15, 0.2) is 0 Å². The zero-order chi connectivity index (χ0) is 10.2. The Labute approximate surface area is 84.1 Å². The summed E-state index contributed by atoms with van der Waals surface area (Å²) in [6, 6.07) is -1.30. The Morgan fingerprint density at radius 1 is 1.29 bits per heavy atom. The van der Waals surface area contributed by atoms with Crippen LogP contribution in [0, 0.1) is 17.8 Å². The van der Waals surface area contributed by atoms with Crippen molar-refractivity contribution in [2.24, 2.45) is 17.8 Å². The molecule has 5 heteroatoms. The number of hydrogen-bond donors (Lipinski definition) is 1. The van der Waals surface area contributed by atoms with Crippen LogP contribution in [-0.4, -0.2) is 21.0 Å². The number of fused-ring (bicyclic) bond motifs is 2. The maximum atomic E-state index is 12.0. The van der Waals surface area contributed by atoms with E-state index in [1.54, 1.807) is 0 Å². The lowest BCUT2D eigenvalue weighted by atomic mass is 9.89. The largest absolute Gasteiger partial charge is 0.241 e. The molecule has 0 heterocycles. The third-order valence-corrected chi connectivity index (χ3v) is 4.49. The van der Waals surface area contributed by atoms with E-state index in [4.69, 9.17) is 0 Å². The second-order valence-electron chi connectivity index (χ2n) is 4.51. The van der Waals surface area contributed by atoms with Crippen molar-refractivity contribution in [3.8, 4) is 0 Å². The Morgan fingerprint density at radius 2 is 2.07 bits per heavy atom. The van der Waals surface area contributed by atoms with Crippen molar-refractivity contribution in [2.75, 3.05) is 12.6 Å². The first kappa shape index (κ1) is 10.4. The van der Waals surface area contributed by atoms with Gasteiger partial charge < -0.3 is 0 Å². The summed E-state index contributed by atoms with van der Waals surface area (Å²) in [6.45, 7) is 0.438. The summed E-state index contributed by atoms with van der Waals surface area (Å²) < 4.78 is 36.1. The van der Waals surface area contributed by atoms with Crippen molar-refractivity contribution in [1.29, 1.82) is 0 Å². The summed E-state index contributed by atoms with van der Waals surface area (Å²) in [4.78, 5) is 0. The van der Waals surface area contributed by atoms with Crippen LogP contribution in [0.15, 0.2) is 0 Å². The van der Waals surface area contributed by atoms with Gasteiger partial charge in [-0.25, -0.2) is 17.5 Å². The summed E-state index contributed by atoms with van der Waals surface area (Å²) in [5, 5.41) is 0. The number of hydrogen-bond acceptors (Lipinski definition) is 2. The van der Waals surface area contributed by atoms with E-state index in [0.29, 0.717) is 18.4 Å². The molecule has 0 aromatic heterocycles. The van der Waals surface area contributed by atoms with Gasteiger partial charge in [-0.3, -0.25) is 0 Å². The fourth-order valence-electron chi connectivity index (χ4n) is 2.90. The quantitative estimate of drug-likeness (QED) is 0.777. The molecule has 3 nitrogen and oxygen atoms in total. The monoisotopic (exact) mass is 221 g/mol. The average Bonchev–Trinajstić information content (AvgIpc) is 2.76. The Morgan fingerprint density at radius 3 is 2.57 bits per heavy atom. The molecule has 1 unspecified atom stereocenters. The smallest absolute Gasteiger partial charge is 0.232 e. The standard InChI is InChI=1S/C9H16FNO2S/c10-6-14(12,13)11-5-9-4-7-1-2-8(9)3-7/h7-9,11H,1-6H2/t7-,8?,9-/m0/s1. The molecule has 14 heavy (non-hydrogen) atoms. The number of alkyl halides is 1. The van der Waals surface area contributed by atoms with Crippen molar-refractivity contribution in [1.82, 2.24) is 4.72 Å². The number of halogens is 1. The molecule has 0 aliphatic heterocycles. The number of nitrogens with one attached hydrogen (secondary N) is 1. The molecule has 82 valence electrons. The van der Waals surface area contributed by atoms with Crippen molar-refractivity contribution < 1.29 is 12.8 Å². The Bertz CT molecular complexity index is 304. The molecule has 0 amide bonds. The predicted molar refractivity (Wildman–Crippen MR) is 51.8 cm³/mol. The van der Waals surface area contributed by atoms with Crippen LogP contribution in [-0.2, 0) is 10.0 Å². The molecule has 0 radical (unpaired) electrons. The Kier molecular flexibility index (Phi) is 2.79. The minimum absolute atomic E-state index is 0.438. The summed E-state index contributed by atoms with van der Waals surface area (Å²) in [7, 11) is -3.64. The van der Waals surface area contributed by atoms with Gasteiger partial charge in [-0.05, 0) is 37.0 Å². The molecule has 2 bridgehead atoms. The third kappa shape index (κ3) is 2.08. The minimum atomic E-state index is -3.64. The van der Waals surface area contributed by atoms with Crippen molar-refractivity contribution >= 4 is 10.0 Å². The SMILES string of the molecule is O=S(=O)(CF)NC[C@@H]1C[C@H]2CCC1C2. The summed E-state index contributed by atoms with van der Waals surface area (Å²) in [5.74, 6) is 1.94. The molecule has 0 spiro atoms. The third-order valence-electron chi connectivity index (χ3n) is 3.59. The molecule has 0 aromatic rings. The van der Waals surface area contributed by atoms with E-state index in [1.165, 1.54) is 19.3 Å². The van der Waals surface area contributed by atoms with E-state index in [2.05, 4.69) is 4.72 Å². The molecule has 0 saturated heterocycles. The van der Waals surface area contributed by atoms with E-state index in [-0.39, 0.29) is 0 Å². The van der Waals surface area contributed by atoms with Gasteiger partial charge in [-0.1, -0.05) is 6.42 Å². The first-order valence-corrected chi connectivity index (χ1v) is 6.79. The average molecular weight is 221 g/mol. The van der Waals surface area contributed by atoms with Gasteiger partial charge in [0, 0.05) is 6.54 Å². The van der Waals surface area contributed by atoms with Gasteiger partial charge in [-0.15, -0.1) is 0 Å². The van der Waals surface area contributed by atoms with Crippen LogP contribution in [0.2, 0.25) is 0 Å². The van der Waals surface area contributed by atoms with E-state index in [0.717, 1.165) is 12.3 Å². The molecular weight excluding hydrogens is 205 g/mol. The molecule has 2 saturated carbocycles. The van der Waals surface area contributed by atoms with Crippen molar-refractivity contribution in [2.45, 2.75) is 25.7 Å². The van der Waals surface area contributed by atoms with E-state index >= 15 is 0 Å². The molecule has 3 atom stereocenters. The number of sulfonamides is 1. The highest BCUT2D eigenvalue weighted by molar-refractivity contribution is 7.89. The van der Waals surface area contributed by atoms with E-state index in [9.17, 15) is 12.8 Å². The van der Waals surface area contributed by atoms with Gasteiger partial charge in [0.25, 0.3) is 0 Å². The lowest BCUT2D eigenvalue weighted by molar-refractivity contribution is 0.332. The van der Waals surface area contributed by atoms with Crippen LogP contribution < -0.4 is 4.72 Å². The first-order valence-electron chi connectivity index (χ1n) is 5.14. The summed E-state index contributed by atoms with van der Waals surface area (Å²) in [6.07, 6.45) is 4.91. The molecule has 2 fully saturated rings. The molecular formula is C9H16FNO2S. The van der Waals surface area contributed by atoms with Crippen LogP contribution in [0.1, 0.15) is 25.7 Å². The maximum absolute atomic E-state index is 12.0. The van der Waals surface area contributed by atoms with E-state index in [1.807, 2.05) is 0 Å². The van der Waals surface area contributed by atoms with Crippen molar-refractivity contribution in [3.63, 3.8) is 0 Å². The normalized spacial score (nSPS) is 36.5. The highest BCUT2D eigenvalue weighted by Crippen LogP contribution is 2.47. The van der Waals surface area contributed by atoms with E-state index < -0.39 is 16.0 Å². The van der Waals surface area contributed by atoms with Crippen LogP contribution in [0.25, 0.3) is 0 Å². The molecule has 2 rings (SSSR count). The second-order valence-corrected chi connectivity index (χ2v) is 6.24. The van der Waals surface area contributed by atoms with Crippen LogP contribution >= 0.6 is 0 Å². The highest BCUT2D eigenvalue weighted by Gasteiger charge is 2.39. The van der Waals surface area contributed by atoms with Gasteiger partial charge in [0.1, 0.15) is 0 Å². The van der Waals surface area contributed by atoms with Gasteiger partial charge in [0.2, 0.25) is 16.0 Å². The molecule has 0 aromatic carbocycles. The van der Waals surface area contributed by atoms with Crippen LogP contribution in [0.4, 0.5) is 4.39 Å². The topological polar surface area (TPSA) is 46.2 Å². The van der Waals surface area contributed by atoms with Gasteiger partial charge in [-0.2, -0.15) is 0 Å². The predicted octanol–water partition coefficient (Wildman–Crippen LogP) is 1.27. The second kappa shape index (κ2) is 3.77. The summed E-state index contributed by atoms with van der Waals surface area (Å²) >= 11 is 0. The van der Waals surface area contributed by atoms with Gasteiger partial charge in [0.05, 0.1) is 0 Å². The highest BCUT2D eigenvalue weighted by atomic mass is 32.2. The molecule has 2 aliphatic rings. The zero-order valence-corrected chi connectivity index (χ0v) is 8.89. The lowest BCUT2D eigenvalue weighted by Crippen LogP contribution is -2.32. The fraction of sp³-hybridized carbons (Fsp3) is 1.00. The fourth-order valence-corrected chi connectivity index (χ4v) is 3.44. The lowest BCUT2D eigenvalue weighted by Gasteiger charge is -2.21. The van der Waals surface area contributed by atoms with Crippen LogP contribution in [0.5, 0.6) is 0 Å². The molecule has 2 aliphatic carbocycles. The van der Waals surface area contributed by atoms with Gasteiger partial charge >= 0.3 is 0 Å². The minimum Gasteiger partial charge on any atom is -0.232 e. The Hall–Kier alpha value is -0.160. The maximum Gasteiger partial charge on any atom is 0.241 e. The number of rotatable bonds is 4. The van der Waals surface area contributed by atoms with Crippen molar-refractivity contribution in [3.05, 3.63) is 0 Å². The Balaban J connectivity index is 1.82. The first-order chi connectivity index (χ1) is 6.61. The summed E-state index contributed by atoms with van der Waals surface area (Å²) in [5.41, 5.74) is 0. The zero-order valence-electron chi connectivity index (χ0n) is 8.08. The van der Waals surface area contributed by atoms with Crippen LogP contribution in [0.3, 0.4) is 0 Å².